The van der Waals surface area contributed by atoms with Gasteiger partial charge in [0.15, 0.2) is 5.60 Å². The summed E-state index contributed by atoms with van der Waals surface area (Å²) in [5, 5.41) is 19.7. The van der Waals surface area contributed by atoms with Crippen LogP contribution in [-0.4, -0.2) is 27.8 Å². The van der Waals surface area contributed by atoms with Gasteiger partial charge in [0.25, 0.3) is 0 Å². The lowest BCUT2D eigenvalue weighted by Crippen LogP contribution is -2.39. The Labute approximate surface area is 169 Å². The zero-order valence-corrected chi connectivity index (χ0v) is 16.2. The van der Waals surface area contributed by atoms with Crippen LogP contribution in [0.3, 0.4) is 0 Å². The molecule has 148 valence electrons. The summed E-state index contributed by atoms with van der Waals surface area (Å²) in [6, 6.07) is 24.6. The van der Waals surface area contributed by atoms with E-state index >= 15 is 0 Å². The Balaban J connectivity index is 2.15. The Hall–Kier alpha value is -3.60. The van der Waals surface area contributed by atoms with Crippen molar-refractivity contribution in [2.24, 2.45) is 0 Å². The molecule has 0 aliphatic heterocycles. The molecule has 3 aromatic carbocycles. The lowest BCUT2D eigenvalue weighted by molar-refractivity contribution is -0.152. The number of hydrogen-bond acceptors (Lipinski definition) is 3. The van der Waals surface area contributed by atoms with Gasteiger partial charge in [0.2, 0.25) is 0 Å². The molecule has 0 aliphatic rings. The number of hydrogen-bond donors (Lipinski definition) is 2. The second-order valence-corrected chi connectivity index (χ2v) is 7.23. The number of ether oxygens (including phenoxy) is 1. The third kappa shape index (κ3) is 3.72. The molecule has 0 unspecified atom stereocenters. The van der Waals surface area contributed by atoms with Gasteiger partial charge in [-0.1, -0.05) is 72.8 Å². The minimum absolute atomic E-state index is 0.349. The molecule has 0 fully saturated rings. The van der Waals surface area contributed by atoms with Crippen molar-refractivity contribution in [3.05, 3.63) is 102 Å². The second kappa shape index (κ2) is 7.80. The minimum Gasteiger partial charge on any atom is -0.480 e. The maximum absolute atomic E-state index is 12.7. The van der Waals surface area contributed by atoms with Crippen molar-refractivity contribution in [1.82, 2.24) is 0 Å². The van der Waals surface area contributed by atoms with Crippen molar-refractivity contribution in [3.8, 4) is 5.75 Å². The van der Waals surface area contributed by atoms with Crippen LogP contribution >= 0.6 is 0 Å². The highest BCUT2D eigenvalue weighted by molar-refractivity contribution is 5.91. The van der Waals surface area contributed by atoms with Crippen LogP contribution in [0.15, 0.2) is 84.9 Å². The Bertz CT molecular complexity index is 953. The lowest BCUT2D eigenvalue weighted by atomic mass is 9.69. The first-order valence-corrected chi connectivity index (χ1v) is 9.16. The van der Waals surface area contributed by atoms with E-state index in [1.165, 1.54) is 13.8 Å². The minimum atomic E-state index is -1.41. The molecule has 0 bridgehead atoms. The molecule has 2 N–H and O–H groups in total. The van der Waals surface area contributed by atoms with Crippen LogP contribution in [0.25, 0.3) is 0 Å². The van der Waals surface area contributed by atoms with Crippen LogP contribution in [-0.2, 0) is 15.0 Å². The molecule has 3 rings (SSSR count). The van der Waals surface area contributed by atoms with Gasteiger partial charge < -0.3 is 14.9 Å². The maximum Gasteiger partial charge on any atom is 0.347 e. The summed E-state index contributed by atoms with van der Waals surface area (Å²) >= 11 is 0. The zero-order chi connectivity index (χ0) is 21.1. The van der Waals surface area contributed by atoms with E-state index in [1.54, 1.807) is 48.5 Å². The van der Waals surface area contributed by atoms with E-state index in [9.17, 15) is 19.8 Å². The highest BCUT2D eigenvalue weighted by atomic mass is 16.5. The van der Waals surface area contributed by atoms with Crippen molar-refractivity contribution < 1.29 is 24.5 Å². The first kappa shape index (κ1) is 20.1. The van der Waals surface area contributed by atoms with Crippen molar-refractivity contribution in [3.63, 3.8) is 0 Å². The number of rotatable bonds is 7. The van der Waals surface area contributed by atoms with Gasteiger partial charge in [-0.05, 0) is 42.7 Å². The lowest BCUT2D eigenvalue weighted by Gasteiger charge is -2.31. The fourth-order valence-corrected chi connectivity index (χ4v) is 3.36. The quantitative estimate of drug-likeness (QED) is 0.586. The van der Waals surface area contributed by atoms with Crippen LogP contribution in [0.2, 0.25) is 0 Å². The number of carboxylic acids is 2. The molecular weight excluding hydrogens is 368 g/mol. The van der Waals surface area contributed by atoms with Crippen LogP contribution < -0.4 is 4.74 Å². The highest BCUT2D eigenvalue weighted by Gasteiger charge is 2.44. The molecule has 0 amide bonds. The molecule has 0 saturated carbocycles. The van der Waals surface area contributed by atoms with Crippen molar-refractivity contribution in [2.45, 2.75) is 24.9 Å². The molecule has 29 heavy (non-hydrogen) atoms. The van der Waals surface area contributed by atoms with Gasteiger partial charge in [0.05, 0.1) is 0 Å². The topological polar surface area (TPSA) is 83.8 Å². The third-order valence-electron chi connectivity index (χ3n) is 4.91. The average molecular weight is 390 g/mol. The van der Waals surface area contributed by atoms with Crippen LogP contribution in [0.1, 0.15) is 30.5 Å². The largest absolute Gasteiger partial charge is 0.480 e. The molecular formula is C24H22O5. The Morgan fingerprint density at radius 2 is 1.07 bits per heavy atom. The van der Waals surface area contributed by atoms with Gasteiger partial charge in [-0.3, -0.25) is 4.79 Å². The molecule has 0 aliphatic carbocycles. The van der Waals surface area contributed by atoms with E-state index in [0.717, 1.165) is 0 Å². The van der Waals surface area contributed by atoms with Gasteiger partial charge in [-0.2, -0.15) is 0 Å². The Morgan fingerprint density at radius 1 is 0.655 bits per heavy atom. The molecule has 0 atom stereocenters. The van der Waals surface area contributed by atoms with Crippen LogP contribution in [0.5, 0.6) is 5.75 Å². The van der Waals surface area contributed by atoms with Crippen LogP contribution in [0.4, 0.5) is 0 Å². The van der Waals surface area contributed by atoms with E-state index in [2.05, 4.69) is 0 Å². The number of benzene rings is 3. The normalized spacial score (nSPS) is 11.7. The smallest absolute Gasteiger partial charge is 0.347 e. The summed E-state index contributed by atoms with van der Waals surface area (Å²) in [6.07, 6.45) is 0. The Kier molecular flexibility index (Phi) is 5.41. The molecule has 3 aromatic rings. The van der Waals surface area contributed by atoms with Crippen molar-refractivity contribution in [2.75, 3.05) is 0 Å². The molecule has 0 heterocycles. The summed E-state index contributed by atoms with van der Waals surface area (Å²) in [5.41, 5.74) is -1.02. The average Bonchev–Trinajstić information content (AvgIpc) is 2.71. The van der Waals surface area contributed by atoms with E-state index in [4.69, 9.17) is 4.74 Å². The highest BCUT2D eigenvalue weighted by Crippen LogP contribution is 2.40. The monoisotopic (exact) mass is 390 g/mol. The summed E-state index contributed by atoms with van der Waals surface area (Å²) < 4.78 is 5.56. The van der Waals surface area contributed by atoms with E-state index in [-0.39, 0.29) is 0 Å². The molecule has 0 aromatic heterocycles. The number of carbonyl (C=O) groups is 2. The predicted molar refractivity (Wildman–Crippen MR) is 109 cm³/mol. The number of carboxylic acid groups (broad SMARTS) is 2. The second-order valence-electron chi connectivity index (χ2n) is 7.23. The van der Waals surface area contributed by atoms with E-state index < -0.39 is 23.0 Å². The predicted octanol–water partition coefficient (Wildman–Crippen LogP) is 4.35. The molecule has 5 nitrogen and oxygen atoms in total. The summed E-state index contributed by atoms with van der Waals surface area (Å²) in [6.45, 7) is 2.91. The maximum atomic E-state index is 12.7. The van der Waals surface area contributed by atoms with E-state index in [0.29, 0.717) is 22.4 Å². The molecule has 0 radical (unpaired) electrons. The number of aliphatic carboxylic acids is 2. The Morgan fingerprint density at radius 3 is 1.45 bits per heavy atom. The molecule has 5 heteroatoms. The van der Waals surface area contributed by atoms with Gasteiger partial charge in [-0.25, -0.2) is 4.79 Å². The van der Waals surface area contributed by atoms with E-state index in [1.807, 2.05) is 36.4 Å². The summed E-state index contributed by atoms with van der Waals surface area (Å²) in [7, 11) is 0. The van der Waals surface area contributed by atoms with Gasteiger partial charge in [0, 0.05) is 0 Å². The van der Waals surface area contributed by atoms with Gasteiger partial charge >= 0.3 is 11.9 Å². The molecule has 0 saturated heterocycles. The SMILES string of the molecule is CC(C)(Oc1ccc(C(C(=O)O)(c2ccccc2)c2ccccc2)cc1)C(=O)O. The van der Waals surface area contributed by atoms with Crippen molar-refractivity contribution in [1.29, 1.82) is 0 Å². The van der Waals surface area contributed by atoms with Gasteiger partial charge in [-0.15, -0.1) is 0 Å². The van der Waals surface area contributed by atoms with Gasteiger partial charge in [0.1, 0.15) is 11.2 Å². The van der Waals surface area contributed by atoms with Crippen molar-refractivity contribution >= 4 is 11.9 Å². The van der Waals surface area contributed by atoms with Crippen LogP contribution in [0, 0.1) is 0 Å². The first-order chi connectivity index (χ1) is 13.8. The first-order valence-electron chi connectivity index (χ1n) is 9.16. The zero-order valence-electron chi connectivity index (χ0n) is 16.2. The fraction of sp³-hybridized carbons (Fsp3) is 0.167. The standard InChI is InChI=1S/C24H22O5/c1-23(2,21(25)26)29-20-15-13-19(14-16-20)24(22(27)28,17-9-5-3-6-10-17)18-11-7-4-8-12-18/h3-16H,1-2H3,(H,25,26)(H,27,28). The summed E-state index contributed by atoms with van der Waals surface area (Å²) in [5.74, 6) is -1.74. The molecule has 0 spiro atoms. The fourth-order valence-electron chi connectivity index (χ4n) is 3.36. The summed E-state index contributed by atoms with van der Waals surface area (Å²) in [4.78, 5) is 24.0. The third-order valence-corrected chi connectivity index (χ3v) is 4.91.